The average Bonchev–Trinajstić information content (AvgIpc) is 1.47. The maximum atomic E-state index is 8.88. The fourth-order valence-corrected chi connectivity index (χ4v) is 1.05. The first-order valence-corrected chi connectivity index (χ1v) is 5.55. The van der Waals surface area contributed by atoms with Gasteiger partial charge in [-0.3, -0.25) is 0 Å². The van der Waals surface area contributed by atoms with Gasteiger partial charge in [-0.15, -0.1) is 0 Å². The van der Waals surface area contributed by atoms with Gasteiger partial charge in [-0.2, -0.15) is 0 Å². The molecule has 0 rings (SSSR count). The summed E-state index contributed by atoms with van der Waals surface area (Å²) in [6.45, 7) is 8.50. The maximum absolute atomic E-state index is 8.88. The van der Waals surface area contributed by atoms with Gasteiger partial charge < -0.3 is 20.4 Å². The Balaban J connectivity index is 0. The summed E-state index contributed by atoms with van der Waals surface area (Å²) < 4.78 is 8.88. The summed E-state index contributed by atoms with van der Waals surface area (Å²) in [6.07, 6.45) is 1.10. The molecular weight excluding hydrogens is 193 g/mol. The van der Waals surface area contributed by atoms with Crippen LogP contribution in [0, 0.1) is 5.92 Å². The highest BCUT2D eigenvalue weighted by Gasteiger charge is 2.11. The Bertz CT molecular complexity index is 162. The highest BCUT2D eigenvalue weighted by molar-refractivity contribution is 7.45. The quantitative estimate of drug-likeness (QED) is 0.509. The van der Waals surface area contributed by atoms with Crippen molar-refractivity contribution in [3.8, 4) is 0 Å². The van der Waals surface area contributed by atoms with E-state index in [0.717, 1.165) is 12.3 Å². The van der Waals surface area contributed by atoms with Crippen molar-refractivity contribution in [1.29, 1.82) is 0 Å². The summed E-state index contributed by atoms with van der Waals surface area (Å²) in [4.78, 5) is 21.6. The zero-order chi connectivity index (χ0) is 11.3. The maximum Gasteiger partial charge on any atom is 0.466 e. The van der Waals surface area contributed by atoms with Crippen LogP contribution in [0.3, 0.4) is 0 Å². The van der Waals surface area contributed by atoms with Crippen LogP contribution in [0.2, 0.25) is 0 Å². The van der Waals surface area contributed by atoms with E-state index in [4.69, 9.17) is 25.0 Å². The molecule has 0 fully saturated rings. The summed E-state index contributed by atoms with van der Waals surface area (Å²) in [5.74, 6) is 0.718. The first kappa shape index (κ1) is 15.5. The third-order valence-corrected chi connectivity index (χ3v) is 0.934. The molecule has 0 atom stereocenters. The van der Waals surface area contributed by atoms with Gasteiger partial charge in [0.1, 0.15) is 0 Å². The lowest BCUT2D eigenvalue weighted by Gasteiger charge is -2.20. The number of hydrogen-bond donors (Lipinski definition) is 4. The number of hydrogen-bond acceptors (Lipinski definition) is 2. The van der Waals surface area contributed by atoms with Crippen molar-refractivity contribution in [3.63, 3.8) is 0 Å². The SMILES string of the molecule is CC(C)CC(C)(C)N.O=P(O)(O)O. The molecule has 0 amide bonds. The molecule has 0 saturated carbocycles. The van der Waals surface area contributed by atoms with Crippen LogP contribution in [0.5, 0.6) is 0 Å². The first-order valence-electron chi connectivity index (χ1n) is 3.99. The lowest BCUT2D eigenvalue weighted by atomic mass is 9.94. The van der Waals surface area contributed by atoms with Crippen LogP contribution in [-0.2, 0) is 4.57 Å². The molecule has 0 spiro atoms. The summed E-state index contributed by atoms with van der Waals surface area (Å²) >= 11 is 0. The fourth-order valence-electron chi connectivity index (χ4n) is 1.05. The molecule has 82 valence electrons. The summed E-state index contributed by atoms with van der Waals surface area (Å²) in [5.41, 5.74) is 5.76. The van der Waals surface area contributed by atoms with Crippen molar-refractivity contribution in [2.24, 2.45) is 11.7 Å². The second-order valence-corrected chi connectivity index (χ2v) is 5.13. The van der Waals surface area contributed by atoms with Gasteiger partial charge in [-0.05, 0) is 26.2 Å². The molecule has 0 radical (unpaired) electrons. The first-order chi connectivity index (χ1) is 5.42. The monoisotopic (exact) mass is 213 g/mol. The van der Waals surface area contributed by atoms with Gasteiger partial charge in [0.25, 0.3) is 0 Å². The lowest BCUT2D eigenvalue weighted by molar-refractivity contribution is 0.275. The Kier molecular flexibility index (Phi) is 6.85. The van der Waals surface area contributed by atoms with E-state index in [1.54, 1.807) is 0 Å². The van der Waals surface area contributed by atoms with Crippen LogP contribution >= 0.6 is 7.82 Å². The van der Waals surface area contributed by atoms with E-state index >= 15 is 0 Å². The zero-order valence-electron chi connectivity index (χ0n) is 8.56. The van der Waals surface area contributed by atoms with Gasteiger partial charge in [-0.25, -0.2) is 4.57 Å². The highest BCUT2D eigenvalue weighted by Crippen LogP contribution is 2.25. The van der Waals surface area contributed by atoms with Gasteiger partial charge in [0, 0.05) is 5.54 Å². The van der Waals surface area contributed by atoms with Crippen LogP contribution < -0.4 is 5.73 Å². The van der Waals surface area contributed by atoms with Crippen molar-refractivity contribution >= 4 is 7.82 Å². The molecule has 0 aromatic carbocycles. The van der Waals surface area contributed by atoms with Gasteiger partial charge in [-0.1, -0.05) is 13.8 Å². The molecule has 0 aliphatic carbocycles. The number of nitrogens with two attached hydrogens (primary N) is 1. The fraction of sp³-hybridized carbons (Fsp3) is 1.00. The zero-order valence-corrected chi connectivity index (χ0v) is 9.45. The number of rotatable bonds is 2. The number of phosphoric acid groups is 1. The molecule has 0 unspecified atom stereocenters. The normalized spacial score (nSPS) is 12.4. The van der Waals surface area contributed by atoms with Crippen LogP contribution in [0.25, 0.3) is 0 Å². The van der Waals surface area contributed by atoms with Crippen molar-refractivity contribution in [1.82, 2.24) is 0 Å². The minimum absolute atomic E-state index is 0.0220. The smallest absolute Gasteiger partial charge is 0.326 e. The molecule has 13 heavy (non-hydrogen) atoms. The van der Waals surface area contributed by atoms with E-state index in [1.165, 1.54) is 0 Å². The minimum atomic E-state index is -4.64. The standard InChI is InChI=1S/C7H17N.H3O4P/c1-6(2)5-7(3,4)8;1-5(2,3)4/h6H,5,8H2,1-4H3;(H3,1,2,3,4). The summed E-state index contributed by atoms with van der Waals surface area (Å²) in [5, 5.41) is 0. The van der Waals surface area contributed by atoms with E-state index in [2.05, 4.69) is 27.7 Å². The van der Waals surface area contributed by atoms with Gasteiger partial charge in [0.15, 0.2) is 0 Å². The van der Waals surface area contributed by atoms with E-state index < -0.39 is 7.82 Å². The van der Waals surface area contributed by atoms with Crippen molar-refractivity contribution < 1.29 is 19.2 Å². The molecule has 0 aromatic heterocycles. The predicted octanol–water partition coefficient (Wildman–Crippen LogP) is 0.841. The van der Waals surface area contributed by atoms with E-state index in [0.29, 0.717) is 0 Å². The Morgan fingerprint density at radius 1 is 1.31 bits per heavy atom. The Morgan fingerprint density at radius 3 is 1.54 bits per heavy atom. The summed E-state index contributed by atoms with van der Waals surface area (Å²) in [7, 11) is -4.64. The Labute approximate surface area is 79.2 Å². The summed E-state index contributed by atoms with van der Waals surface area (Å²) in [6, 6.07) is 0. The van der Waals surface area contributed by atoms with E-state index in [9.17, 15) is 0 Å². The van der Waals surface area contributed by atoms with Crippen molar-refractivity contribution in [2.45, 2.75) is 39.7 Å². The lowest BCUT2D eigenvalue weighted by Crippen LogP contribution is -2.33. The van der Waals surface area contributed by atoms with Gasteiger partial charge >= 0.3 is 7.82 Å². The molecule has 0 saturated heterocycles. The van der Waals surface area contributed by atoms with Crippen LogP contribution in [0.4, 0.5) is 0 Å². The minimum Gasteiger partial charge on any atom is -0.326 e. The van der Waals surface area contributed by atoms with Crippen LogP contribution in [-0.4, -0.2) is 20.2 Å². The van der Waals surface area contributed by atoms with Crippen molar-refractivity contribution in [3.05, 3.63) is 0 Å². The van der Waals surface area contributed by atoms with Crippen molar-refractivity contribution in [2.75, 3.05) is 0 Å². The van der Waals surface area contributed by atoms with Gasteiger partial charge in [0.2, 0.25) is 0 Å². The Hall–Kier alpha value is 0.0700. The van der Waals surface area contributed by atoms with Crippen LogP contribution in [0.15, 0.2) is 0 Å². The molecule has 6 heteroatoms. The molecule has 0 aromatic rings. The molecule has 0 bridgehead atoms. The van der Waals surface area contributed by atoms with E-state index in [1.807, 2.05) is 0 Å². The van der Waals surface area contributed by atoms with Crippen LogP contribution in [0.1, 0.15) is 34.1 Å². The second-order valence-electron chi connectivity index (χ2n) is 4.10. The third kappa shape index (κ3) is 47.6. The predicted molar refractivity (Wildman–Crippen MR) is 52.0 cm³/mol. The van der Waals surface area contributed by atoms with Gasteiger partial charge in [0.05, 0.1) is 0 Å². The highest BCUT2D eigenvalue weighted by atomic mass is 31.2. The molecule has 5 N–H and O–H groups in total. The molecule has 0 aliphatic rings. The average molecular weight is 213 g/mol. The largest absolute Gasteiger partial charge is 0.466 e. The second kappa shape index (κ2) is 5.73. The Morgan fingerprint density at radius 2 is 1.54 bits per heavy atom. The molecule has 0 aliphatic heterocycles. The topological polar surface area (TPSA) is 104 Å². The molecule has 5 nitrogen and oxygen atoms in total. The molecular formula is C7H20NO4P. The van der Waals surface area contributed by atoms with E-state index in [-0.39, 0.29) is 5.54 Å². The third-order valence-electron chi connectivity index (χ3n) is 0.934. The molecule has 0 heterocycles.